The van der Waals surface area contributed by atoms with Gasteiger partial charge in [0.05, 0.1) is 16.3 Å². The third kappa shape index (κ3) is 4.37. The third-order valence-corrected chi connectivity index (χ3v) is 4.52. The van der Waals surface area contributed by atoms with E-state index in [1.54, 1.807) is 11.8 Å². The Bertz CT molecular complexity index is 471. The van der Waals surface area contributed by atoms with Crippen molar-refractivity contribution in [2.75, 3.05) is 19.3 Å². The highest BCUT2D eigenvalue weighted by Crippen LogP contribution is 2.20. The van der Waals surface area contributed by atoms with E-state index in [4.69, 9.17) is 5.73 Å². The molecule has 0 bridgehead atoms. The van der Waals surface area contributed by atoms with Crippen molar-refractivity contribution >= 4 is 29.0 Å². The van der Waals surface area contributed by atoms with Crippen molar-refractivity contribution in [3.63, 3.8) is 0 Å². The number of carbonyl (C=O) groups excluding carboxylic acids is 1. The molecule has 3 N–H and O–H groups in total. The van der Waals surface area contributed by atoms with Gasteiger partial charge in [0.15, 0.2) is 0 Å². The van der Waals surface area contributed by atoms with E-state index >= 15 is 0 Å². The summed E-state index contributed by atoms with van der Waals surface area (Å²) in [5, 5.41) is 3.35. The lowest BCUT2D eigenvalue weighted by atomic mass is 10.2. The first-order valence-corrected chi connectivity index (χ1v) is 7.79. The van der Waals surface area contributed by atoms with Crippen LogP contribution in [0.4, 0.5) is 0 Å². The van der Waals surface area contributed by atoms with E-state index in [1.807, 2.05) is 19.2 Å². The molecule has 1 rings (SSSR count). The molecule has 0 aliphatic heterocycles. The van der Waals surface area contributed by atoms with E-state index in [9.17, 15) is 4.79 Å². The molecule has 0 aromatic carbocycles. The van der Waals surface area contributed by atoms with Gasteiger partial charge in [-0.15, -0.1) is 11.3 Å². The van der Waals surface area contributed by atoms with Crippen LogP contribution in [0.25, 0.3) is 0 Å². The van der Waals surface area contributed by atoms with Crippen LogP contribution >= 0.6 is 23.1 Å². The summed E-state index contributed by atoms with van der Waals surface area (Å²) in [6.07, 6.45) is 2.03. The summed E-state index contributed by atoms with van der Waals surface area (Å²) in [6, 6.07) is 1.88. The molecule has 0 aliphatic carbocycles. The van der Waals surface area contributed by atoms with Crippen molar-refractivity contribution < 1.29 is 4.79 Å². The number of nitrogens with one attached hydrogen (secondary N) is 1. The highest BCUT2D eigenvalue weighted by molar-refractivity contribution is 7.99. The molecule has 0 saturated carbocycles. The highest BCUT2D eigenvalue weighted by Gasteiger charge is 2.12. The largest absolute Gasteiger partial charge is 0.350 e. The summed E-state index contributed by atoms with van der Waals surface area (Å²) in [5.74, 6) is 5.77. The Morgan fingerprint density at radius 3 is 3.00 bits per heavy atom. The molecule has 1 aromatic heterocycles. The minimum Gasteiger partial charge on any atom is -0.350 e. The normalized spacial score (nSPS) is 11.6. The minimum atomic E-state index is -0.0233. The Labute approximate surface area is 117 Å². The van der Waals surface area contributed by atoms with Crippen molar-refractivity contribution in [3.8, 4) is 11.8 Å². The molecule has 5 heteroatoms. The highest BCUT2D eigenvalue weighted by atomic mass is 32.2. The Hall–Kier alpha value is -0.960. The number of amides is 1. The zero-order valence-electron chi connectivity index (χ0n) is 10.9. The molecule has 1 unspecified atom stereocenters. The molecule has 0 fully saturated rings. The van der Waals surface area contributed by atoms with E-state index in [2.05, 4.69) is 24.1 Å². The van der Waals surface area contributed by atoms with Gasteiger partial charge in [0.2, 0.25) is 0 Å². The minimum absolute atomic E-state index is 0.0233. The van der Waals surface area contributed by atoms with Crippen molar-refractivity contribution in [2.45, 2.75) is 19.1 Å². The van der Waals surface area contributed by atoms with Crippen LogP contribution in [-0.4, -0.2) is 30.5 Å². The molecule has 0 saturated heterocycles. The zero-order valence-corrected chi connectivity index (χ0v) is 12.5. The van der Waals surface area contributed by atoms with Crippen molar-refractivity contribution in [1.29, 1.82) is 0 Å². The van der Waals surface area contributed by atoms with E-state index < -0.39 is 0 Å². The number of thiophene rings is 1. The standard InChI is InChI=1S/C13H18N2OS2/c1-9-7-12(18-11(9)5-4-6-14)13(16)15-8-10(2)17-3/h7,10H,6,8,14H2,1-3H3,(H,15,16). The van der Waals surface area contributed by atoms with Crippen LogP contribution in [0.1, 0.15) is 27.0 Å². The van der Waals surface area contributed by atoms with Crippen LogP contribution in [0, 0.1) is 18.8 Å². The van der Waals surface area contributed by atoms with Gasteiger partial charge >= 0.3 is 0 Å². The third-order valence-electron chi connectivity index (χ3n) is 2.40. The van der Waals surface area contributed by atoms with E-state index in [-0.39, 0.29) is 5.91 Å². The molecule has 0 spiro atoms. The van der Waals surface area contributed by atoms with Crippen LogP contribution in [-0.2, 0) is 0 Å². The lowest BCUT2D eigenvalue weighted by molar-refractivity contribution is 0.0958. The molecule has 1 heterocycles. The number of hydrogen-bond donors (Lipinski definition) is 2. The number of aryl methyl sites for hydroxylation is 1. The Kier molecular flexibility index (Phi) is 6.27. The van der Waals surface area contributed by atoms with Gasteiger partial charge in [-0.3, -0.25) is 4.79 Å². The fraction of sp³-hybridized carbons (Fsp3) is 0.462. The summed E-state index contributed by atoms with van der Waals surface area (Å²) in [4.78, 5) is 13.6. The molecular formula is C13H18N2OS2. The van der Waals surface area contributed by atoms with Crippen molar-refractivity contribution in [2.24, 2.45) is 5.73 Å². The van der Waals surface area contributed by atoms with Crippen LogP contribution < -0.4 is 11.1 Å². The van der Waals surface area contributed by atoms with Crippen molar-refractivity contribution in [3.05, 3.63) is 21.4 Å². The molecule has 3 nitrogen and oxygen atoms in total. The molecule has 18 heavy (non-hydrogen) atoms. The molecule has 1 atom stereocenters. The van der Waals surface area contributed by atoms with E-state index in [1.165, 1.54) is 11.3 Å². The molecule has 0 radical (unpaired) electrons. The Balaban J connectivity index is 2.69. The fourth-order valence-corrected chi connectivity index (χ4v) is 2.47. The van der Waals surface area contributed by atoms with Gasteiger partial charge in [-0.25, -0.2) is 0 Å². The number of carbonyl (C=O) groups is 1. The quantitative estimate of drug-likeness (QED) is 0.829. The van der Waals surface area contributed by atoms with Gasteiger partial charge in [-0.2, -0.15) is 11.8 Å². The lowest BCUT2D eigenvalue weighted by Crippen LogP contribution is -2.28. The number of hydrogen-bond acceptors (Lipinski definition) is 4. The van der Waals surface area contributed by atoms with Crippen molar-refractivity contribution in [1.82, 2.24) is 5.32 Å². The topological polar surface area (TPSA) is 55.1 Å². The van der Waals surface area contributed by atoms with Gasteiger partial charge in [0.25, 0.3) is 5.91 Å². The summed E-state index contributed by atoms with van der Waals surface area (Å²) in [6.45, 7) is 5.06. The van der Waals surface area contributed by atoms with Crippen LogP contribution in [0.3, 0.4) is 0 Å². The molecular weight excluding hydrogens is 264 g/mol. The summed E-state index contributed by atoms with van der Waals surface area (Å²) < 4.78 is 0. The van der Waals surface area contributed by atoms with Gasteiger partial charge in [-0.1, -0.05) is 18.8 Å². The second-order valence-electron chi connectivity index (χ2n) is 3.89. The number of thioether (sulfide) groups is 1. The SMILES string of the molecule is CSC(C)CNC(=O)c1cc(C)c(C#CCN)s1. The second-order valence-corrected chi connectivity index (χ2v) is 6.21. The predicted octanol–water partition coefficient (Wildman–Crippen LogP) is 1.85. The smallest absolute Gasteiger partial charge is 0.261 e. The molecule has 0 aliphatic rings. The first kappa shape index (κ1) is 15.1. The number of rotatable bonds is 4. The zero-order chi connectivity index (χ0) is 13.5. The molecule has 98 valence electrons. The van der Waals surface area contributed by atoms with Crippen LogP contribution in [0.2, 0.25) is 0 Å². The van der Waals surface area contributed by atoms with Crippen LogP contribution in [0.15, 0.2) is 6.07 Å². The summed E-state index contributed by atoms with van der Waals surface area (Å²) >= 11 is 3.15. The maximum atomic E-state index is 11.9. The maximum absolute atomic E-state index is 11.9. The lowest BCUT2D eigenvalue weighted by Gasteiger charge is -2.08. The van der Waals surface area contributed by atoms with Gasteiger partial charge in [0, 0.05) is 11.8 Å². The first-order chi connectivity index (χ1) is 8.58. The first-order valence-electron chi connectivity index (χ1n) is 5.68. The second kappa shape index (κ2) is 7.47. The Morgan fingerprint density at radius 1 is 1.67 bits per heavy atom. The van der Waals surface area contributed by atoms with E-state index in [0.29, 0.717) is 23.2 Å². The molecule has 1 aromatic rings. The van der Waals surface area contributed by atoms with E-state index in [0.717, 1.165) is 10.4 Å². The predicted molar refractivity (Wildman–Crippen MR) is 80.3 cm³/mol. The Morgan fingerprint density at radius 2 is 2.39 bits per heavy atom. The maximum Gasteiger partial charge on any atom is 0.261 e. The monoisotopic (exact) mass is 282 g/mol. The van der Waals surface area contributed by atoms with Crippen LogP contribution in [0.5, 0.6) is 0 Å². The summed E-state index contributed by atoms with van der Waals surface area (Å²) in [5.41, 5.74) is 6.37. The van der Waals surface area contributed by atoms with Gasteiger partial charge in [0.1, 0.15) is 0 Å². The average molecular weight is 282 g/mol. The molecule has 1 amide bonds. The number of nitrogens with two attached hydrogens (primary N) is 1. The summed E-state index contributed by atoms with van der Waals surface area (Å²) in [7, 11) is 0. The fourth-order valence-electron chi connectivity index (χ4n) is 1.26. The van der Waals surface area contributed by atoms with Gasteiger partial charge < -0.3 is 11.1 Å². The average Bonchev–Trinajstić information content (AvgIpc) is 2.74. The van der Waals surface area contributed by atoms with Gasteiger partial charge in [-0.05, 0) is 24.8 Å².